The largest absolute Gasteiger partial charge is 0.394 e. The summed E-state index contributed by atoms with van der Waals surface area (Å²) >= 11 is 0. The Morgan fingerprint density at radius 3 is 2.73 bits per heavy atom. The lowest BCUT2D eigenvalue weighted by atomic mass is 9.54. The second-order valence-electron chi connectivity index (χ2n) is 6.38. The molecule has 2 N–H and O–H groups in total. The van der Waals surface area contributed by atoms with E-state index in [4.69, 9.17) is 10.00 Å². The first-order valence-corrected chi connectivity index (χ1v) is 7.56. The van der Waals surface area contributed by atoms with Crippen molar-refractivity contribution < 1.29 is 14.2 Å². The van der Waals surface area contributed by atoms with Crippen molar-refractivity contribution in [3.63, 3.8) is 0 Å². The van der Waals surface area contributed by atoms with Crippen LogP contribution in [0.1, 0.15) is 38.3 Å². The van der Waals surface area contributed by atoms with E-state index in [0.717, 1.165) is 0 Å². The first-order chi connectivity index (χ1) is 10.4. The highest BCUT2D eigenvalue weighted by atomic mass is 19.1. The summed E-state index contributed by atoms with van der Waals surface area (Å²) in [6.45, 7) is 6.97. The van der Waals surface area contributed by atoms with Crippen molar-refractivity contribution in [3.8, 4) is 6.07 Å². The molecule has 5 heteroatoms. The highest BCUT2D eigenvalue weighted by Gasteiger charge is 2.60. The summed E-state index contributed by atoms with van der Waals surface area (Å²) in [5, 5.41) is 21.9. The second-order valence-corrected chi connectivity index (χ2v) is 6.38. The first-order valence-electron chi connectivity index (χ1n) is 7.56. The van der Waals surface area contributed by atoms with E-state index in [-0.39, 0.29) is 18.1 Å². The molecule has 0 heterocycles. The third kappa shape index (κ3) is 2.74. The Kier molecular flexibility index (Phi) is 4.86. The minimum Gasteiger partial charge on any atom is -0.394 e. The molecule has 0 bridgehead atoms. The molecule has 22 heavy (non-hydrogen) atoms. The topological polar surface area (TPSA) is 65.3 Å². The Morgan fingerprint density at radius 2 is 2.23 bits per heavy atom. The fourth-order valence-electron chi connectivity index (χ4n) is 3.13. The lowest BCUT2D eigenvalue weighted by Crippen LogP contribution is -2.73. The molecule has 4 nitrogen and oxygen atoms in total. The number of benzene rings is 1. The summed E-state index contributed by atoms with van der Waals surface area (Å²) in [5.41, 5.74) is 0.0783. The molecule has 0 aromatic heterocycles. The average Bonchev–Trinajstić information content (AvgIpc) is 2.51. The lowest BCUT2D eigenvalue weighted by molar-refractivity contribution is -0.177. The van der Waals surface area contributed by atoms with Gasteiger partial charge in [0.05, 0.1) is 29.9 Å². The van der Waals surface area contributed by atoms with Crippen LogP contribution in [0.2, 0.25) is 0 Å². The van der Waals surface area contributed by atoms with Crippen LogP contribution in [0.15, 0.2) is 18.2 Å². The molecule has 1 aromatic carbocycles. The molecule has 0 saturated heterocycles. The zero-order valence-electron chi connectivity index (χ0n) is 13.3. The van der Waals surface area contributed by atoms with Gasteiger partial charge in [-0.25, -0.2) is 4.39 Å². The summed E-state index contributed by atoms with van der Waals surface area (Å²) in [4.78, 5) is 0. The van der Waals surface area contributed by atoms with Crippen LogP contribution in [-0.4, -0.2) is 30.0 Å². The SMILES string of the molecule is CCO[C@@H]1C[C@@](CO)(NCc2ccc(C#N)cc2F)C1(C)C. The Bertz CT molecular complexity index is 583. The number of aliphatic hydroxyl groups excluding tert-OH is 1. The first kappa shape index (κ1) is 16.9. The molecule has 1 aromatic rings. The van der Waals surface area contributed by atoms with E-state index < -0.39 is 11.4 Å². The van der Waals surface area contributed by atoms with Gasteiger partial charge >= 0.3 is 0 Å². The van der Waals surface area contributed by atoms with Crippen LogP contribution < -0.4 is 5.32 Å². The van der Waals surface area contributed by atoms with E-state index in [2.05, 4.69) is 19.2 Å². The Morgan fingerprint density at radius 1 is 1.50 bits per heavy atom. The molecule has 1 aliphatic rings. The van der Waals surface area contributed by atoms with Crippen LogP contribution in [0.25, 0.3) is 0 Å². The Hall–Kier alpha value is -1.48. The standard InChI is InChI=1S/C17H23FN2O2/c1-4-22-15-8-17(11-21,16(15,2)3)20-10-13-6-5-12(9-19)7-14(13)18/h5-7,15,20-21H,4,8,10-11H2,1-3H3/t15-,17+/m1/s1. The number of aliphatic hydroxyl groups is 1. The molecule has 1 aliphatic carbocycles. The summed E-state index contributed by atoms with van der Waals surface area (Å²) in [7, 11) is 0. The van der Waals surface area contributed by atoms with Gasteiger partial charge < -0.3 is 15.2 Å². The highest BCUT2D eigenvalue weighted by molar-refractivity contribution is 5.33. The number of hydrogen-bond donors (Lipinski definition) is 2. The summed E-state index contributed by atoms with van der Waals surface area (Å²) in [6, 6.07) is 6.36. The van der Waals surface area contributed by atoms with E-state index in [0.29, 0.717) is 30.7 Å². The molecule has 2 rings (SSSR count). The maximum atomic E-state index is 13.9. The highest BCUT2D eigenvalue weighted by Crippen LogP contribution is 2.51. The normalized spacial score (nSPS) is 26.3. The smallest absolute Gasteiger partial charge is 0.129 e. The third-order valence-electron chi connectivity index (χ3n) is 5.01. The quantitative estimate of drug-likeness (QED) is 0.847. The third-order valence-corrected chi connectivity index (χ3v) is 5.01. The minimum atomic E-state index is -0.479. The minimum absolute atomic E-state index is 0.0263. The predicted octanol–water partition coefficient (Wildman–Crippen LogP) is 2.35. The van der Waals surface area contributed by atoms with Crippen LogP contribution in [0.5, 0.6) is 0 Å². The molecule has 120 valence electrons. The van der Waals surface area contributed by atoms with Gasteiger partial charge in [-0.05, 0) is 25.5 Å². The summed E-state index contributed by atoms with van der Waals surface area (Å²) in [6.07, 6.45) is 0.783. The maximum Gasteiger partial charge on any atom is 0.129 e. The Labute approximate surface area is 130 Å². The molecular formula is C17H23FN2O2. The number of nitriles is 1. The molecule has 2 atom stereocenters. The molecule has 0 amide bonds. The van der Waals surface area contributed by atoms with E-state index in [9.17, 15) is 9.50 Å². The number of halogens is 1. The van der Waals surface area contributed by atoms with Gasteiger partial charge in [0.2, 0.25) is 0 Å². The summed E-state index contributed by atoms with van der Waals surface area (Å²) < 4.78 is 19.6. The summed E-state index contributed by atoms with van der Waals surface area (Å²) in [5.74, 6) is -0.405. The molecule has 0 spiro atoms. The maximum absolute atomic E-state index is 13.9. The molecule has 0 radical (unpaired) electrons. The molecular weight excluding hydrogens is 283 g/mol. The average molecular weight is 306 g/mol. The van der Waals surface area contributed by atoms with Gasteiger partial charge in [-0.15, -0.1) is 0 Å². The van der Waals surface area contributed by atoms with Crippen molar-refractivity contribution >= 4 is 0 Å². The molecule has 0 unspecified atom stereocenters. The van der Waals surface area contributed by atoms with Crippen LogP contribution in [0.4, 0.5) is 4.39 Å². The van der Waals surface area contributed by atoms with Crippen molar-refractivity contribution in [3.05, 3.63) is 35.1 Å². The fraction of sp³-hybridized carbons (Fsp3) is 0.588. The van der Waals surface area contributed by atoms with Gasteiger partial charge in [0.1, 0.15) is 5.82 Å². The Balaban J connectivity index is 2.08. The number of rotatable bonds is 6. The van der Waals surface area contributed by atoms with E-state index in [1.807, 2.05) is 13.0 Å². The number of hydrogen-bond acceptors (Lipinski definition) is 4. The van der Waals surface area contributed by atoms with Gasteiger partial charge in [-0.3, -0.25) is 0 Å². The van der Waals surface area contributed by atoms with Crippen LogP contribution in [0.3, 0.4) is 0 Å². The fourth-order valence-corrected chi connectivity index (χ4v) is 3.13. The van der Waals surface area contributed by atoms with Crippen molar-refractivity contribution in [2.75, 3.05) is 13.2 Å². The van der Waals surface area contributed by atoms with Gasteiger partial charge in [0, 0.05) is 24.1 Å². The van der Waals surface area contributed by atoms with Gasteiger partial charge in [-0.1, -0.05) is 19.9 Å². The molecule has 0 aliphatic heterocycles. The van der Waals surface area contributed by atoms with Crippen LogP contribution >= 0.6 is 0 Å². The van der Waals surface area contributed by atoms with Gasteiger partial charge in [0.25, 0.3) is 0 Å². The van der Waals surface area contributed by atoms with E-state index in [1.54, 1.807) is 12.1 Å². The zero-order chi connectivity index (χ0) is 16.4. The van der Waals surface area contributed by atoms with E-state index >= 15 is 0 Å². The lowest BCUT2D eigenvalue weighted by Gasteiger charge is -2.60. The van der Waals surface area contributed by atoms with Crippen molar-refractivity contribution in [2.45, 2.75) is 45.4 Å². The van der Waals surface area contributed by atoms with Crippen LogP contribution in [-0.2, 0) is 11.3 Å². The predicted molar refractivity (Wildman–Crippen MR) is 81.6 cm³/mol. The van der Waals surface area contributed by atoms with Crippen molar-refractivity contribution in [2.24, 2.45) is 5.41 Å². The van der Waals surface area contributed by atoms with Crippen molar-refractivity contribution in [1.29, 1.82) is 5.26 Å². The van der Waals surface area contributed by atoms with Crippen molar-refractivity contribution in [1.82, 2.24) is 5.32 Å². The number of ether oxygens (including phenoxy) is 1. The molecule has 1 fully saturated rings. The molecule has 1 saturated carbocycles. The second kappa shape index (κ2) is 6.33. The van der Waals surface area contributed by atoms with Gasteiger partial charge in [-0.2, -0.15) is 5.26 Å². The van der Waals surface area contributed by atoms with Crippen LogP contribution in [0, 0.1) is 22.6 Å². The van der Waals surface area contributed by atoms with E-state index in [1.165, 1.54) is 6.07 Å². The van der Waals surface area contributed by atoms with Gasteiger partial charge in [0.15, 0.2) is 0 Å². The monoisotopic (exact) mass is 306 g/mol. The number of nitrogens with zero attached hydrogens (tertiary/aromatic N) is 1. The zero-order valence-corrected chi connectivity index (χ0v) is 13.3. The number of nitrogens with one attached hydrogen (secondary N) is 1.